The minimum Gasteiger partial charge on any atom is -0.394 e. The Kier molecular flexibility index (Phi) is 3.17. The highest BCUT2D eigenvalue weighted by molar-refractivity contribution is 6.33. The maximum atomic E-state index is 9.46. The number of para-hydroxylation sites is 1. The summed E-state index contributed by atoms with van der Waals surface area (Å²) in [5.74, 6) is 0. The minimum absolute atomic E-state index is 0.148. The van der Waals surface area contributed by atoms with Crippen molar-refractivity contribution in [1.82, 2.24) is 0 Å². The van der Waals surface area contributed by atoms with E-state index < -0.39 is 0 Å². The Morgan fingerprint density at radius 2 is 1.93 bits per heavy atom. The molecule has 1 saturated carbocycles. The highest BCUT2D eigenvalue weighted by Crippen LogP contribution is 2.34. The molecule has 1 aromatic rings. The van der Waals surface area contributed by atoms with Crippen molar-refractivity contribution in [2.75, 3.05) is 11.9 Å². The van der Waals surface area contributed by atoms with Crippen LogP contribution in [0.1, 0.15) is 25.7 Å². The van der Waals surface area contributed by atoms with Crippen LogP contribution in [0.2, 0.25) is 5.02 Å². The number of halogens is 1. The third kappa shape index (κ3) is 2.27. The molecule has 0 saturated heterocycles. The van der Waals surface area contributed by atoms with Crippen LogP contribution in [0.5, 0.6) is 0 Å². The zero-order valence-electron chi connectivity index (χ0n) is 8.67. The van der Waals surface area contributed by atoms with E-state index >= 15 is 0 Å². The average molecular weight is 226 g/mol. The molecule has 1 aliphatic rings. The van der Waals surface area contributed by atoms with E-state index in [1.807, 2.05) is 24.3 Å². The fraction of sp³-hybridized carbons (Fsp3) is 0.500. The van der Waals surface area contributed by atoms with Crippen molar-refractivity contribution in [3.63, 3.8) is 0 Å². The predicted octanol–water partition coefficient (Wildman–Crippen LogP) is 3.06. The second-order valence-corrected chi connectivity index (χ2v) is 4.66. The summed E-state index contributed by atoms with van der Waals surface area (Å²) in [5, 5.41) is 13.6. The Balaban J connectivity index is 2.16. The number of nitrogens with one attached hydrogen (secondary N) is 1. The summed E-state index contributed by atoms with van der Waals surface area (Å²) >= 11 is 6.08. The van der Waals surface area contributed by atoms with Gasteiger partial charge in [-0.3, -0.25) is 0 Å². The molecule has 15 heavy (non-hydrogen) atoms. The van der Waals surface area contributed by atoms with Crippen LogP contribution in [0.4, 0.5) is 5.69 Å². The Morgan fingerprint density at radius 1 is 1.27 bits per heavy atom. The first kappa shape index (κ1) is 10.8. The molecular formula is C12H16ClNO. The number of hydrogen-bond donors (Lipinski definition) is 2. The molecule has 0 aliphatic heterocycles. The maximum Gasteiger partial charge on any atom is 0.0661 e. The molecule has 1 aromatic carbocycles. The maximum absolute atomic E-state index is 9.46. The molecular weight excluding hydrogens is 210 g/mol. The number of hydrogen-bond acceptors (Lipinski definition) is 2. The fourth-order valence-electron chi connectivity index (χ4n) is 2.22. The standard InChI is InChI=1S/C12H16ClNO/c13-10-5-1-2-6-11(10)14-12(9-15)7-3-4-8-12/h1-2,5-6,14-15H,3-4,7-9H2. The molecule has 0 unspecified atom stereocenters. The van der Waals surface area contributed by atoms with Gasteiger partial charge >= 0.3 is 0 Å². The second-order valence-electron chi connectivity index (χ2n) is 4.25. The van der Waals surface area contributed by atoms with Crippen LogP contribution in [0, 0.1) is 0 Å². The van der Waals surface area contributed by atoms with Gasteiger partial charge in [-0.15, -0.1) is 0 Å². The van der Waals surface area contributed by atoms with Gasteiger partial charge in [-0.25, -0.2) is 0 Å². The largest absolute Gasteiger partial charge is 0.394 e. The van der Waals surface area contributed by atoms with Gasteiger partial charge in [-0.2, -0.15) is 0 Å². The quantitative estimate of drug-likeness (QED) is 0.829. The van der Waals surface area contributed by atoms with Crippen molar-refractivity contribution in [1.29, 1.82) is 0 Å². The van der Waals surface area contributed by atoms with Gasteiger partial charge in [0, 0.05) is 0 Å². The van der Waals surface area contributed by atoms with Gasteiger partial charge in [-0.05, 0) is 25.0 Å². The van der Waals surface area contributed by atoms with E-state index in [9.17, 15) is 5.11 Å². The van der Waals surface area contributed by atoms with Crippen LogP contribution in [-0.4, -0.2) is 17.3 Å². The monoisotopic (exact) mass is 225 g/mol. The fourth-order valence-corrected chi connectivity index (χ4v) is 2.41. The van der Waals surface area contributed by atoms with Crippen molar-refractivity contribution in [2.24, 2.45) is 0 Å². The molecule has 2 N–H and O–H groups in total. The van der Waals surface area contributed by atoms with E-state index in [1.54, 1.807) is 0 Å². The molecule has 0 amide bonds. The van der Waals surface area contributed by atoms with Crippen LogP contribution in [0.3, 0.4) is 0 Å². The Bertz CT molecular complexity index is 334. The number of benzene rings is 1. The highest BCUT2D eigenvalue weighted by Gasteiger charge is 2.33. The van der Waals surface area contributed by atoms with E-state index in [-0.39, 0.29) is 12.1 Å². The molecule has 0 atom stereocenters. The zero-order chi connectivity index (χ0) is 10.7. The first-order valence-corrected chi connectivity index (χ1v) is 5.77. The summed E-state index contributed by atoms with van der Waals surface area (Å²) in [7, 11) is 0. The first-order valence-electron chi connectivity index (χ1n) is 5.39. The van der Waals surface area contributed by atoms with Crippen molar-refractivity contribution in [3.05, 3.63) is 29.3 Å². The van der Waals surface area contributed by atoms with Gasteiger partial charge in [0.1, 0.15) is 0 Å². The van der Waals surface area contributed by atoms with Crippen LogP contribution in [-0.2, 0) is 0 Å². The van der Waals surface area contributed by atoms with E-state index in [2.05, 4.69) is 5.32 Å². The number of anilines is 1. The van der Waals surface area contributed by atoms with Crippen LogP contribution < -0.4 is 5.32 Å². The van der Waals surface area contributed by atoms with Gasteiger partial charge in [0.15, 0.2) is 0 Å². The molecule has 2 rings (SSSR count). The van der Waals surface area contributed by atoms with Crippen LogP contribution in [0.25, 0.3) is 0 Å². The smallest absolute Gasteiger partial charge is 0.0661 e. The predicted molar refractivity (Wildman–Crippen MR) is 63.4 cm³/mol. The molecule has 0 bridgehead atoms. The van der Waals surface area contributed by atoms with E-state index in [1.165, 1.54) is 12.8 Å². The lowest BCUT2D eigenvalue weighted by atomic mass is 9.98. The van der Waals surface area contributed by atoms with Gasteiger partial charge in [0.2, 0.25) is 0 Å². The van der Waals surface area contributed by atoms with Crippen molar-refractivity contribution in [2.45, 2.75) is 31.2 Å². The average Bonchev–Trinajstić information content (AvgIpc) is 2.71. The van der Waals surface area contributed by atoms with E-state index in [4.69, 9.17) is 11.6 Å². The molecule has 1 fully saturated rings. The highest BCUT2D eigenvalue weighted by atomic mass is 35.5. The Hall–Kier alpha value is -0.730. The summed E-state index contributed by atoms with van der Waals surface area (Å²) < 4.78 is 0. The van der Waals surface area contributed by atoms with Gasteiger partial charge < -0.3 is 10.4 Å². The van der Waals surface area contributed by atoms with Crippen LogP contribution in [0.15, 0.2) is 24.3 Å². The molecule has 1 aliphatic carbocycles. The van der Waals surface area contributed by atoms with Crippen molar-refractivity contribution >= 4 is 17.3 Å². The molecule has 0 heterocycles. The molecule has 82 valence electrons. The summed E-state index contributed by atoms with van der Waals surface area (Å²) in [6, 6.07) is 7.68. The third-order valence-electron chi connectivity index (χ3n) is 3.14. The lowest BCUT2D eigenvalue weighted by molar-refractivity contribution is 0.214. The topological polar surface area (TPSA) is 32.3 Å². The molecule has 0 spiro atoms. The summed E-state index contributed by atoms with van der Waals surface area (Å²) in [4.78, 5) is 0. The van der Waals surface area contributed by atoms with Crippen molar-refractivity contribution in [3.8, 4) is 0 Å². The van der Waals surface area contributed by atoms with E-state index in [0.29, 0.717) is 0 Å². The summed E-state index contributed by atoms with van der Waals surface area (Å²) in [6.07, 6.45) is 4.40. The number of aliphatic hydroxyl groups is 1. The summed E-state index contributed by atoms with van der Waals surface area (Å²) in [6.45, 7) is 0.179. The van der Waals surface area contributed by atoms with Gasteiger partial charge in [0.25, 0.3) is 0 Å². The van der Waals surface area contributed by atoms with E-state index in [0.717, 1.165) is 23.6 Å². The van der Waals surface area contributed by atoms with Gasteiger partial charge in [-0.1, -0.05) is 36.6 Å². The lowest BCUT2D eigenvalue weighted by Gasteiger charge is -2.29. The molecule has 0 radical (unpaired) electrons. The lowest BCUT2D eigenvalue weighted by Crippen LogP contribution is -2.39. The van der Waals surface area contributed by atoms with Crippen LogP contribution >= 0.6 is 11.6 Å². The van der Waals surface area contributed by atoms with Crippen molar-refractivity contribution < 1.29 is 5.11 Å². The second kappa shape index (κ2) is 4.42. The summed E-state index contributed by atoms with van der Waals surface area (Å²) in [5.41, 5.74) is 0.778. The minimum atomic E-state index is -0.148. The molecule has 2 nitrogen and oxygen atoms in total. The molecule has 3 heteroatoms. The number of rotatable bonds is 3. The Morgan fingerprint density at radius 3 is 2.53 bits per heavy atom. The Labute approximate surface area is 95.3 Å². The van der Waals surface area contributed by atoms with Gasteiger partial charge in [0.05, 0.1) is 22.9 Å². The number of aliphatic hydroxyl groups excluding tert-OH is 1. The first-order chi connectivity index (χ1) is 7.26. The normalized spacial score (nSPS) is 19.1. The molecule has 0 aromatic heterocycles. The third-order valence-corrected chi connectivity index (χ3v) is 3.47. The SMILES string of the molecule is OCC1(Nc2ccccc2Cl)CCCC1. The zero-order valence-corrected chi connectivity index (χ0v) is 9.43.